The molecule has 2 rings (SSSR count). The van der Waals surface area contributed by atoms with Crippen LogP contribution in [0.5, 0.6) is 0 Å². The molecule has 4 heteroatoms. The molecule has 2 aliphatic heterocycles. The van der Waals surface area contributed by atoms with E-state index < -0.39 is 5.92 Å². The van der Waals surface area contributed by atoms with E-state index in [9.17, 15) is 9.59 Å². The van der Waals surface area contributed by atoms with E-state index in [1.807, 2.05) is 12.2 Å². The Morgan fingerprint density at radius 3 is 2.29 bits per heavy atom. The predicted molar refractivity (Wildman–Crippen MR) is 47.5 cm³/mol. The molecule has 2 bridgehead atoms. The first-order valence-electron chi connectivity index (χ1n) is 4.57. The fourth-order valence-corrected chi connectivity index (χ4v) is 2.21. The number of esters is 1. The molecule has 0 N–H and O–H groups in total. The summed E-state index contributed by atoms with van der Waals surface area (Å²) in [5.74, 6) is -1.19. The summed E-state index contributed by atoms with van der Waals surface area (Å²) in [6, 6.07) is 0. The normalized spacial score (nSPS) is 38.7. The minimum absolute atomic E-state index is 0.0164. The van der Waals surface area contributed by atoms with E-state index >= 15 is 0 Å². The van der Waals surface area contributed by atoms with Crippen molar-refractivity contribution in [3.8, 4) is 0 Å². The second kappa shape index (κ2) is 3.20. The molecule has 4 nitrogen and oxygen atoms in total. The topological polar surface area (TPSA) is 52.6 Å². The van der Waals surface area contributed by atoms with E-state index in [0.717, 1.165) is 0 Å². The third-order valence-electron chi connectivity index (χ3n) is 2.84. The van der Waals surface area contributed by atoms with Crippen LogP contribution in [0.2, 0.25) is 0 Å². The zero-order chi connectivity index (χ0) is 10.3. The quantitative estimate of drug-likeness (QED) is 0.471. The third kappa shape index (κ3) is 1.18. The Labute approximate surface area is 81.9 Å². The number of methoxy groups -OCH3 is 1. The Balaban J connectivity index is 2.26. The molecule has 0 radical (unpaired) electrons. The fraction of sp³-hybridized carbons (Fsp3) is 0.600. The number of rotatable bonds is 2. The van der Waals surface area contributed by atoms with Crippen LogP contribution in [0.4, 0.5) is 0 Å². The van der Waals surface area contributed by atoms with Gasteiger partial charge >= 0.3 is 5.97 Å². The summed E-state index contributed by atoms with van der Waals surface area (Å²) in [5.41, 5.74) is 0. The number of carbonyl (C=O) groups is 2. The molecule has 2 heterocycles. The van der Waals surface area contributed by atoms with Gasteiger partial charge in [-0.2, -0.15) is 0 Å². The van der Waals surface area contributed by atoms with Crippen LogP contribution in [0.3, 0.4) is 0 Å². The van der Waals surface area contributed by atoms with Gasteiger partial charge in [-0.1, -0.05) is 12.2 Å². The minimum atomic E-state index is -0.451. The molecule has 2 aliphatic rings. The summed E-state index contributed by atoms with van der Waals surface area (Å²) >= 11 is 0. The highest BCUT2D eigenvalue weighted by atomic mass is 16.5. The molecule has 0 aromatic heterocycles. The summed E-state index contributed by atoms with van der Waals surface area (Å²) in [4.78, 5) is 22.8. The van der Waals surface area contributed by atoms with Gasteiger partial charge in [0.15, 0.2) is 0 Å². The lowest BCUT2D eigenvalue weighted by Gasteiger charge is -2.20. The van der Waals surface area contributed by atoms with Crippen LogP contribution in [-0.4, -0.2) is 31.1 Å². The van der Waals surface area contributed by atoms with Crippen LogP contribution in [0.1, 0.15) is 6.92 Å². The minimum Gasteiger partial charge on any atom is -0.469 e. The Kier molecular flexibility index (Phi) is 2.15. The van der Waals surface area contributed by atoms with E-state index in [0.29, 0.717) is 0 Å². The van der Waals surface area contributed by atoms with E-state index in [4.69, 9.17) is 4.74 Å². The van der Waals surface area contributed by atoms with Gasteiger partial charge in [0.25, 0.3) is 0 Å². The van der Waals surface area contributed by atoms with Crippen LogP contribution in [0, 0.1) is 11.8 Å². The zero-order valence-electron chi connectivity index (χ0n) is 8.10. The van der Waals surface area contributed by atoms with E-state index in [2.05, 4.69) is 4.74 Å². The molecule has 0 unspecified atom stereocenters. The zero-order valence-corrected chi connectivity index (χ0v) is 8.10. The molecule has 0 aliphatic carbocycles. The first kappa shape index (κ1) is 9.40. The summed E-state index contributed by atoms with van der Waals surface area (Å²) in [5, 5.41) is 0. The Hall–Kier alpha value is -1.16. The van der Waals surface area contributed by atoms with Crippen molar-refractivity contribution in [2.75, 3.05) is 7.11 Å². The van der Waals surface area contributed by atoms with Crippen molar-refractivity contribution in [2.45, 2.75) is 19.1 Å². The molecule has 0 saturated carbocycles. The van der Waals surface area contributed by atoms with Crippen LogP contribution in [0.25, 0.3) is 0 Å². The summed E-state index contributed by atoms with van der Waals surface area (Å²) in [6.45, 7) is 1.48. The van der Waals surface area contributed by atoms with Crippen LogP contribution in [-0.2, 0) is 19.1 Å². The smallest absolute Gasteiger partial charge is 0.312 e. The van der Waals surface area contributed by atoms with Gasteiger partial charge in [0.1, 0.15) is 5.78 Å². The largest absolute Gasteiger partial charge is 0.469 e. The number of ether oxygens (including phenoxy) is 2. The maximum absolute atomic E-state index is 11.4. The highest BCUT2D eigenvalue weighted by molar-refractivity contribution is 5.87. The van der Waals surface area contributed by atoms with Crippen molar-refractivity contribution in [3.63, 3.8) is 0 Å². The van der Waals surface area contributed by atoms with Gasteiger partial charge in [0, 0.05) is 0 Å². The maximum Gasteiger partial charge on any atom is 0.312 e. The molecule has 0 amide bonds. The number of hydrogen-bond donors (Lipinski definition) is 0. The SMILES string of the molecule is COC(=O)[C@@H]1[C@H](C(C)=O)[C@H]2C=C[C@@H]1O2. The van der Waals surface area contributed by atoms with Crippen molar-refractivity contribution >= 4 is 11.8 Å². The first-order chi connectivity index (χ1) is 6.65. The Morgan fingerprint density at radius 2 is 1.79 bits per heavy atom. The number of fused-ring (bicyclic) bond motifs is 2. The monoisotopic (exact) mass is 196 g/mol. The van der Waals surface area contributed by atoms with Crippen molar-refractivity contribution in [1.29, 1.82) is 0 Å². The van der Waals surface area contributed by atoms with Gasteiger partial charge in [-0.3, -0.25) is 9.59 Å². The predicted octanol–water partition coefficient (Wildman–Crippen LogP) is 0.318. The standard InChI is InChI=1S/C10H12O4/c1-5(11)8-6-3-4-7(14-6)9(8)10(12)13-2/h3-4,6-9H,1-2H3/t6-,7+,8-,9+/m1/s1. The third-order valence-corrected chi connectivity index (χ3v) is 2.84. The molecule has 76 valence electrons. The highest BCUT2D eigenvalue weighted by Crippen LogP contribution is 2.40. The van der Waals surface area contributed by atoms with Crippen LogP contribution < -0.4 is 0 Å². The number of Topliss-reactive ketones (excluding diaryl/α,β-unsaturated/α-hetero) is 1. The Bertz CT molecular complexity index is 307. The molecule has 4 atom stereocenters. The average Bonchev–Trinajstić information content (AvgIpc) is 2.74. The lowest BCUT2D eigenvalue weighted by molar-refractivity contribution is -0.149. The van der Waals surface area contributed by atoms with Gasteiger partial charge in [-0.25, -0.2) is 0 Å². The van der Waals surface area contributed by atoms with Crippen molar-refractivity contribution in [3.05, 3.63) is 12.2 Å². The summed E-state index contributed by atoms with van der Waals surface area (Å²) < 4.78 is 10.1. The van der Waals surface area contributed by atoms with Crippen molar-refractivity contribution in [1.82, 2.24) is 0 Å². The summed E-state index contributed by atoms with van der Waals surface area (Å²) in [6.07, 6.45) is 3.16. The van der Waals surface area contributed by atoms with Gasteiger partial charge in [0.2, 0.25) is 0 Å². The highest BCUT2D eigenvalue weighted by Gasteiger charge is 2.52. The van der Waals surface area contributed by atoms with E-state index in [-0.39, 0.29) is 29.9 Å². The molecular weight excluding hydrogens is 184 g/mol. The van der Waals surface area contributed by atoms with Crippen molar-refractivity contribution < 1.29 is 19.1 Å². The molecule has 14 heavy (non-hydrogen) atoms. The first-order valence-corrected chi connectivity index (χ1v) is 4.57. The second-order valence-corrected chi connectivity index (χ2v) is 3.64. The van der Waals surface area contributed by atoms with Gasteiger partial charge in [-0.05, 0) is 6.92 Å². The Morgan fingerprint density at radius 1 is 1.21 bits per heavy atom. The maximum atomic E-state index is 11.4. The molecule has 0 aromatic rings. The van der Waals surface area contributed by atoms with E-state index in [1.54, 1.807) is 0 Å². The van der Waals surface area contributed by atoms with Gasteiger partial charge in [-0.15, -0.1) is 0 Å². The average molecular weight is 196 g/mol. The van der Waals surface area contributed by atoms with Crippen molar-refractivity contribution in [2.24, 2.45) is 11.8 Å². The second-order valence-electron chi connectivity index (χ2n) is 3.64. The molecule has 1 fully saturated rings. The fourth-order valence-electron chi connectivity index (χ4n) is 2.21. The van der Waals surface area contributed by atoms with Crippen LogP contribution in [0.15, 0.2) is 12.2 Å². The number of carbonyl (C=O) groups excluding carboxylic acids is 2. The van der Waals surface area contributed by atoms with Gasteiger partial charge < -0.3 is 9.47 Å². The molecule has 1 saturated heterocycles. The number of hydrogen-bond acceptors (Lipinski definition) is 4. The lowest BCUT2D eigenvalue weighted by atomic mass is 9.81. The number of ketones is 1. The molecule has 0 aromatic carbocycles. The summed E-state index contributed by atoms with van der Waals surface area (Å²) in [7, 11) is 1.33. The van der Waals surface area contributed by atoms with E-state index in [1.165, 1.54) is 14.0 Å². The van der Waals surface area contributed by atoms with Gasteiger partial charge in [0.05, 0.1) is 31.2 Å². The molecular formula is C10H12O4. The molecule has 0 spiro atoms. The van der Waals surface area contributed by atoms with Crippen LogP contribution >= 0.6 is 0 Å². The lowest BCUT2D eigenvalue weighted by Crippen LogP contribution is -2.35.